The highest BCUT2D eigenvalue weighted by Crippen LogP contribution is 2.15. The number of benzene rings is 2. The standard InChI is InChI=1S/C16H14BrFN2O3/c1-10(23-12-8-6-11(18)7-9-12)15(21)19-20-16(22)13-4-2-3-5-14(13)17/h2-10H,1H3,(H,19,21)(H,20,22). The zero-order valence-corrected chi connectivity index (χ0v) is 13.8. The predicted molar refractivity (Wildman–Crippen MR) is 86.2 cm³/mol. The van der Waals surface area contributed by atoms with Crippen LogP contribution in [0.1, 0.15) is 17.3 Å². The molecule has 0 aromatic heterocycles. The van der Waals surface area contributed by atoms with Crippen LogP contribution in [-0.2, 0) is 4.79 Å². The first-order chi connectivity index (χ1) is 11.0. The highest BCUT2D eigenvalue weighted by molar-refractivity contribution is 9.10. The molecule has 2 aromatic carbocycles. The SMILES string of the molecule is CC(Oc1ccc(F)cc1)C(=O)NNC(=O)c1ccccc1Br. The molecule has 0 radical (unpaired) electrons. The molecule has 1 atom stereocenters. The first-order valence-corrected chi connectivity index (χ1v) is 7.53. The molecule has 0 saturated heterocycles. The van der Waals surface area contributed by atoms with E-state index in [-0.39, 0.29) is 0 Å². The molecule has 0 heterocycles. The lowest BCUT2D eigenvalue weighted by atomic mass is 10.2. The number of ether oxygens (including phenoxy) is 1. The summed E-state index contributed by atoms with van der Waals surface area (Å²) < 4.78 is 18.8. The summed E-state index contributed by atoms with van der Waals surface area (Å²) >= 11 is 3.25. The van der Waals surface area contributed by atoms with E-state index in [1.165, 1.54) is 31.2 Å². The molecule has 7 heteroatoms. The van der Waals surface area contributed by atoms with E-state index in [1.807, 2.05) is 0 Å². The number of carbonyl (C=O) groups excluding carboxylic acids is 2. The Hall–Kier alpha value is -2.41. The fourth-order valence-corrected chi connectivity index (χ4v) is 2.17. The van der Waals surface area contributed by atoms with Crippen LogP contribution in [-0.4, -0.2) is 17.9 Å². The third-order valence-electron chi connectivity index (χ3n) is 2.91. The van der Waals surface area contributed by atoms with E-state index in [9.17, 15) is 14.0 Å². The Balaban J connectivity index is 1.87. The quantitative estimate of drug-likeness (QED) is 0.801. The number of hydrogen-bond acceptors (Lipinski definition) is 3. The summed E-state index contributed by atoms with van der Waals surface area (Å²) in [6.07, 6.45) is -0.861. The van der Waals surface area contributed by atoms with Crippen molar-refractivity contribution >= 4 is 27.7 Å². The van der Waals surface area contributed by atoms with Gasteiger partial charge >= 0.3 is 0 Å². The van der Waals surface area contributed by atoms with E-state index in [2.05, 4.69) is 26.8 Å². The van der Waals surface area contributed by atoms with Crippen molar-refractivity contribution < 1.29 is 18.7 Å². The molecule has 5 nitrogen and oxygen atoms in total. The van der Waals surface area contributed by atoms with Gasteiger partial charge in [0.05, 0.1) is 5.56 Å². The number of halogens is 2. The van der Waals surface area contributed by atoms with Gasteiger partial charge in [-0.05, 0) is 59.3 Å². The molecule has 2 aromatic rings. The Morgan fingerprint density at radius 2 is 1.74 bits per heavy atom. The second kappa shape index (κ2) is 7.73. The van der Waals surface area contributed by atoms with Gasteiger partial charge in [0.15, 0.2) is 6.10 Å². The van der Waals surface area contributed by atoms with Crippen molar-refractivity contribution in [2.75, 3.05) is 0 Å². The molecule has 2 amide bonds. The van der Waals surface area contributed by atoms with Gasteiger partial charge in [0.1, 0.15) is 11.6 Å². The van der Waals surface area contributed by atoms with Crippen molar-refractivity contribution in [1.82, 2.24) is 10.9 Å². The molecular formula is C16H14BrFN2O3. The van der Waals surface area contributed by atoms with Crippen molar-refractivity contribution in [2.24, 2.45) is 0 Å². The van der Waals surface area contributed by atoms with E-state index in [0.717, 1.165) is 0 Å². The van der Waals surface area contributed by atoms with E-state index in [1.54, 1.807) is 24.3 Å². The van der Waals surface area contributed by atoms with Crippen molar-refractivity contribution in [2.45, 2.75) is 13.0 Å². The summed E-state index contributed by atoms with van der Waals surface area (Å²) in [5, 5.41) is 0. The molecule has 0 aliphatic carbocycles. The van der Waals surface area contributed by atoms with Gasteiger partial charge in [-0.1, -0.05) is 12.1 Å². The zero-order chi connectivity index (χ0) is 16.8. The van der Waals surface area contributed by atoms with Crippen LogP contribution in [0.25, 0.3) is 0 Å². The van der Waals surface area contributed by atoms with Gasteiger partial charge in [0.25, 0.3) is 11.8 Å². The predicted octanol–water partition coefficient (Wildman–Crippen LogP) is 2.82. The Bertz CT molecular complexity index is 707. The number of nitrogens with one attached hydrogen (secondary N) is 2. The monoisotopic (exact) mass is 380 g/mol. The van der Waals surface area contributed by atoms with Crippen LogP contribution in [0.2, 0.25) is 0 Å². The highest BCUT2D eigenvalue weighted by atomic mass is 79.9. The zero-order valence-electron chi connectivity index (χ0n) is 12.2. The van der Waals surface area contributed by atoms with Crippen LogP contribution in [0, 0.1) is 5.82 Å². The minimum Gasteiger partial charge on any atom is -0.481 e. The van der Waals surface area contributed by atoms with Crippen LogP contribution in [0.4, 0.5) is 4.39 Å². The van der Waals surface area contributed by atoms with E-state index in [0.29, 0.717) is 15.8 Å². The molecule has 2 N–H and O–H groups in total. The lowest BCUT2D eigenvalue weighted by molar-refractivity contribution is -0.128. The third-order valence-corrected chi connectivity index (χ3v) is 3.60. The maximum absolute atomic E-state index is 12.8. The van der Waals surface area contributed by atoms with Crippen LogP contribution in [0.5, 0.6) is 5.75 Å². The van der Waals surface area contributed by atoms with Crippen LogP contribution < -0.4 is 15.6 Å². The molecular weight excluding hydrogens is 367 g/mol. The minimum absolute atomic E-state index is 0.353. The van der Waals surface area contributed by atoms with E-state index >= 15 is 0 Å². The fraction of sp³-hybridized carbons (Fsp3) is 0.125. The molecule has 0 aliphatic rings. The van der Waals surface area contributed by atoms with Gasteiger partial charge in [-0.2, -0.15) is 0 Å². The molecule has 2 rings (SSSR count). The molecule has 0 spiro atoms. The Kier molecular flexibility index (Phi) is 5.70. The normalized spacial score (nSPS) is 11.4. The summed E-state index contributed by atoms with van der Waals surface area (Å²) in [6.45, 7) is 1.52. The summed E-state index contributed by atoms with van der Waals surface area (Å²) in [5.41, 5.74) is 4.98. The molecule has 1 unspecified atom stereocenters. The Labute approximate surface area is 140 Å². The van der Waals surface area contributed by atoms with Crippen molar-refractivity contribution in [3.05, 3.63) is 64.4 Å². The molecule has 23 heavy (non-hydrogen) atoms. The maximum atomic E-state index is 12.8. The molecule has 0 bridgehead atoms. The molecule has 120 valence electrons. The van der Waals surface area contributed by atoms with E-state index in [4.69, 9.17) is 4.74 Å². The molecule has 0 saturated carbocycles. The minimum atomic E-state index is -0.861. The van der Waals surface area contributed by atoms with E-state index < -0.39 is 23.7 Å². The first-order valence-electron chi connectivity index (χ1n) is 6.74. The van der Waals surface area contributed by atoms with Crippen LogP contribution >= 0.6 is 15.9 Å². The highest BCUT2D eigenvalue weighted by Gasteiger charge is 2.16. The van der Waals surface area contributed by atoms with Crippen molar-refractivity contribution in [1.29, 1.82) is 0 Å². The maximum Gasteiger partial charge on any atom is 0.279 e. The largest absolute Gasteiger partial charge is 0.481 e. The van der Waals surface area contributed by atoms with Gasteiger partial charge in [-0.25, -0.2) is 4.39 Å². The molecule has 0 aliphatic heterocycles. The van der Waals surface area contributed by atoms with Gasteiger partial charge in [0, 0.05) is 4.47 Å². The first kappa shape index (κ1) is 17.0. The molecule has 0 fully saturated rings. The second-order valence-electron chi connectivity index (χ2n) is 4.64. The third kappa shape index (κ3) is 4.79. The fourth-order valence-electron chi connectivity index (χ4n) is 1.70. The van der Waals surface area contributed by atoms with Crippen LogP contribution in [0.15, 0.2) is 53.0 Å². The summed E-state index contributed by atoms with van der Waals surface area (Å²) in [4.78, 5) is 23.8. The summed E-state index contributed by atoms with van der Waals surface area (Å²) in [5.74, 6) is -1.03. The number of carbonyl (C=O) groups is 2. The number of amides is 2. The van der Waals surface area contributed by atoms with Gasteiger partial charge < -0.3 is 4.74 Å². The van der Waals surface area contributed by atoms with Crippen LogP contribution in [0.3, 0.4) is 0 Å². The average Bonchev–Trinajstić information content (AvgIpc) is 2.54. The second-order valence-corrected chi connectivity index (χ2v) is 5.49. The number of rotatable bonds is 4. The summed E-state index contributed by atoms with van der Waals surface area (Å²) in [6, 6.07) is 12.1. The number of hydrogen-bond donors (Lipinski definition) is 2. The van der Waals surface area contributed by atoms with Crippen molar-refractivity contribution in [3.63, 3.8) is 0 Å². The Morgan fingerprint density at radius 1 is 1.09 bits per heavy atom. The summed E-state index contributed by atoms with van der Waals surface area (Å²) in [7, 11) is 0. The Morgan fingerprint density at radius 3 is 2.39 bits per heavy atom. The van der Waals surface area contributed by atoms with Crippen molar-refractivity contribution in [3.8, 4) is 5.75 Å². The number of hydrazine groups is 1. The van der Waals surface area contributed by atoms with Gasteiger partial charge in [-0.3, -0.25) is 20.4 Å². The average molecular weight is 381 g/mol. The topological polar surface area (TPSA) is 67.4 Å². The van der Waals surface area contributed by atoms with Gasteiger partial charge in [0.2, 0.25) is 0 Å². The lowest BCUT2D eigenvalue weighted by Gasteiger charge is -2.15. The lowest BCUT2D eigenvalue weighted by Crippen LogP contribution is -2.47. The van der Waals surface area contributed by atoms with Gasteiger partial charge in [-0.15, -0.1) is 0 Å². The smallest absolute Gasteiger partial charge is 0.279 e.